The van der Waals surface area contributed by atoms with Gasteiger partial charge >= 0.3 is 0 Å². The van der Waals surface area contributed by atoms with Crippen molar-refractivity contribution in [3.05, 3.63) is 78.2 Å². The Morgan fingerprint density at radius 3 is 2.67 bits per heavy atom. The predicted octanol–water partition coefficient (Wildman–Crippen LogP) is 2.58. The van der Waals surface area contributed by atoms with Crippen molar-refractivity contribution in [1.82, 2.24) is 0 Å². The Labute approximate surface area is 124 Å². The Morgan fingerprint density at radius 1 is 1.10 bits per heavy atom. The number of fused-ring (bicyclic) bond motifs is 1. The summed E-state index contributed by atoms with van der Waals surface area (Å²) in [6, 6.07) is 18.4. The minimum Gasteiger partial charge on any atom is -0.456 e. The van der Waals surface area contributed by atoms with E-state index in [-0.39, 0.29) is 0 Å². The van der Waals surface area contributed by atoms with Gasteiger partial charge in [-0.3, -0.25) is 0 Å². The largest absolute Gasteiger partial charge is 0.456 e. The molecule has 1 N–H and O–H groups in total. The van der Waals surface area contributed by atoms with E-state index >= 15 is 0 Å². The second-order valence-corrected chi connectivity index (χ2v) is 5.06. The van der Waals surface area contributed by atoms with Gasteiger partial charge in [-0.15, -0.1) is 0 Å². The normalized spacial score (nSPS) is 11.8. The van der Waals surface area contributed by atoms with Gasteiger partial charge in [0.2, 0.25) is 5.36 Å². The van der Waals surface area contributed by atoms with Gasteiger partial charge in [0.05, 0.1) is 11.5 Å². The van der Waals surface area contributed by atoms with Gasteiger partial charge in [-0.05, 0) is 25.1 Å². The van der Waals surface area contributed by atoms with E-state index in [9.17, 15) is 0 Å². The van der Waals surface area contributed by atoms with Crippen LogP contribution in [0.3, 0.4) is 0 Å². The van der Waals surface area contributed by atoms with Gasteiger partial charge in [-0.1, -0.05) is 48.5 Å². The SMILES string of the molecule is C=CC[NH+]=c1cc(-c2ccccc2)oc2ccc(C)cc12. The Balaban J connectivity index is 2.30. The Kier molecular flexibility index (Phi) is 3.69. The van der Waals surface area contributed by atoms with Crippen molar-refractivity contribution in [2.75, 3.05) is 6.54 Å². The zero-order valence-electron chi connectivity index (χ0n) is 12.1. The molecule has 0 saturated heterocycles. The molecule has 0 saturated carbocycles. The van der Waals surface area contributed by atoms with Gasteiger partial charge in [0.1, 0.15) is 11.3 Å². The summed E-state index contributed by atoms with van der Waals surface area (Å²) in [4.78, 5) is 3.40. The number of hydrogen-bond donors (Lipinski definition) is 1. The second kappa shape index (κ2) is 5.80. The molecule has 3 aromatic rings. The number of aryl methyl sites for hydroxylation is 1. The summed E-state index contributed by atoms with van der Waals surface area (Å²) in [5.74, 6) is 0.860. The molecule has 1 heterocycles. The molecule has 21 heavy (non-hydrogen) atoms. The van der Waals surface area contributed by atoms with E-state index in [0.29, 0.717) is 0 Å². The van der Waals surface area contributed by atoms with Crippen molar-refractivity contribution in [2.45, 2.75) is 6.92 Å². The average Bonchev–Trinajstić information content (AvgIpc) is 2.53. The van der Waals surface area contributed by atoms with Crippen LogP contribution >= 0.6 is 0 Å². The first-order chi connectivity index (χ1) is 10.3. The van der Waals surface area contributed by atoms with Crippen LogP contribution in [0, 0.1) is 6.92 Å². The molecule has 0 radical (unpaired) electrons. The van der Waals surface area contributed by atoms with Crippen LogP contribution in [0.5, 0.6) is 0 Å². The molecule has 0 amide bonds. The molecular weight excluding hydrogens is 258 g/mol. The van der Waals surface area contributed by atoms with Crippen LogP contribution in [0.15, 0.2) is 71.7 Å². The van der Waals surface area contributed by atoms with Gasteiger partial charge in [-0.25, -0.2) is 4.99 Å². The van der Waals surface area contributed by atoms with E-state index in [1.807, 2.05) is 30.3 Å². The molecule has 104 valence electrons. The maximum Gasteiger partial charge on any atom is 0.213 e. The van der Waals surface area contributed by atoms with E-state index in [4.69, 9.17) is 4.42 Å². The Hall–Kier alpha value is -2.61. The molecule has 0 spiro atoms. The molecule has 0 aliphatic heterocycles. The molecule has 0 atom stereocenters. The van der Waals surface area contributed by atoms with Crippen molar-refractivity contribution in [3.63, 3.8) is 0 Å². The minimum absolute atomic E-state index is 0.723. The summed E-state index contributed by atoms with van der Waals surface area (Å²) in [6.45, 7) is 6.58. The van der Waals surface area contributed by atoms with E-state index < -0.39 is 0 Å². The van der Waals surface area contributed by atoms with Crippen LogP contribution in [0.1, 0.15) is 5.56 Å². The molecule has 0 unspecified atom stereocenters. The highest BCUT2D eigenvalue weighted by atomic mass is 16.3. The molecular formula is C19H18NO+. The first kappa shape index (κ1) is 13.4. The topological polar surface area (TPSA) is 27.1 Å². The molecule has 2 aromatic carbocycles. The van der Waals surface area contributed by atoms with Crippen LogP contribution in [0.25, 0.3) is 22.3 Å². The molecule has 0 aliphatic carbocycles. The number of rotatable bonds is 3. The highest BCUT2D eigenvalue weighted by molar-refractivity contribution is 5.78. The summed E-state index contributed by atoms with van der Waals surface area (Å²) in [5, 5.41) is 2.16. The van der Waals surface area contributed by atoms with Gasteiger partial charge in [0.25, 0.3) is 0 Å². The first-order valence-corrected chi connectivity index (χ1v) is 7.05. The third-order valence-corrected chi connectivity index (χ3v) is 3.42. The fraction of sp³-hybridized carbons (Fsp3) is 0.105. The average molecular weight is 276 g/mol. The lowest BCUT2D eigenvalue weighted by molar-refractivity contribution is -0.487. The summed E-state index contributed by atoms with van der Waals surface area (Å²) in [6.07, 6.45) is 1.86. The Bertz CT molecular complexity index is 844. The molecule has 0 fully saturated rings. The quantitative estimate of drug-likeness (QED) is 0.731. The standard InChI is InChI=1S/C19H17NO/c1-3-11-20-17-13-19(15-7-5-4-6-8-15)21-18-10-9-14(2)12-16(17)18/h3-10,12-13H,1,11H2,2H3/p+1. The molecule has 0 bridgehead atoms. The maximum atomic E-state index is 6.06. The zero-order chi connectivity index (χ0) is 14.7. The monoisotopic (exact) mass is 276 g/mol. The molecule has 2 heteroatoms. The Morgan fingerprint density at radius 2 is 1.90 bits per heavy atom. The van der Waals surface area contributed by atoms with Crippen LogP contribution in [-0.4, -0.2) is 6.54 Å². The van der Waals surface area contributed by atoms with Gasteiger partial charge in [0, 0.05) is 5.56 Å². The summed E-state index contributed by atoms with van der Waals surface area (Å²) < 4.78 is 6.06. The van der Waals surface area contributed by atoms with Crippen LogP contribution in [0.2, 0.25) is 0 Å². The minimum atomic E-state index is 0.723. The van der Waals surface area contributed by atoms with E-state index in [1.165, 1.54) is 5.56 Å². The van der Waals surface area contributed by atoms with Crippen molar-refractivity contribution in [1.29, 1.82) is 0 Å². The summed E-state index contributed by atoms with van der Waals surface area (Å²) in [5.41, 5.74) is 3.17. The number of hydrogen-bond acceptors (Lipinski definition) is 1. The third kappa shape index (κ3) is 2.79. The van der Waals surface area contributed by atoms with Gasteiger partial charge in [-0.2, -0.15) is 0 Å². The molecule has 3 rings (SSSR count). The predicted molar refractivity (Wildman–Crippen MR) is 85.5 cm³/mol. The van der Waals surface area contributed by atoms with E-state index in [1.54, 1.807) is 0 Å². The summed E-state index contributed by atoms with van der Waals surface area (Å²) >= 11 is 0. The lowest BCUT2D eigenvalue weighted by Gasteiger charge is -2.03. The number of nitrogens with one attached hydrogen (secondary N) is 1. The third-order valence-electron chi connectivity index (χ3n) is 3.42. The maximum absolute atomic E-state index is 6.06. The first-order valence-electron chi connectivity index (χ1n) is 7.05. The molecule has 0 aliphatic rings. The van der Waals surface area contributed by atoms with Crippen LogP contribution in [-0.2, 0) is 0 Å². The van der Waals surface area contributed by atoms with Crippen LogP contribution in [0.4, 0.5) is 0 Å². The highest BCUT2D eigenvalue weighted by Crippen LogP contribution is 2.21. The van der Waals surface area contributed by atoms with E-state index in [2.05, 4.69) is 48.8 Å². The molecule has 2 nitrogen and oxygen atoms in total. The lowest BCUT2D eigenvalue weighted by Crippen LogP contribution is -2.76. The smallest absolute Gasteiger partial charge is 0.213 e. The van der Waals surface area contributed by atoms with Crippen molar-refractivity contribution >= 4 is 11.0 Å². The second-order valence-electron chi connectivity index (χ2n) is 5.06. The summed E-state index contributed by atoms with van der Waals surface area (Å²) in [7, 11) is 0. The lowest BCUT2D eigenvalue weighted by atomic mass is 10.1. The number of benzene rings is 2. The van der Waals surface area contributed by atoms with Gasteiger partial charge < -0.3 is 4.42 Å². The van der Waals surface area contributed by atoms with Crippen molar-refractivity contribution in [2.24, 2.45) is 0 Å². The van der Waals surface area contributed by atoms with Crippen molar-refractivity contribution < 1.29 is 9.41 Å². The highest BCUT2D eigenvalue weighted by Gasteiger charge is 2.08. The fourth-order valence-electron chi connectivity index (χ4n) is 2.37. The van der Waals surface area contributed by atoms with E-state index in [0.717, 1.165) is 34.2 Å². The molecule has 1 aromatic heterocycles. The van der Waals surface area contributed by atoms with Crippen LogP contribution < -0.4 is 10.3 Å². The zero-order valence-corrected chi connectivity index (χ0v) is 12.1. The fourth-order valence-corrected chi connectivity index (χ4v) is 2.37. The van der Waals surface area contributed by atoms with Gasteiger partial charge in [0.15, 0.2) is 6.54 Å². The van der Waals surface area contributed by atoms with Crippen molar-refractivity contribution in [3.8, 4) is 11.3 Å².